The summed E-state index contributed by atoms with van der Waals surface area (Å²) in [4.78, 5) is 21.7. The summed E-state index contributed by atoms with van der Waals surface area (Å²) in [5.41, 5.74) is 0. The highest BCUT2D eigenvalue weighted by Gasteiger charge is 2.35. The first-order chi connectivity index (χ1) is 7.52. The lowest BCUT2D eigenvalue weighted by Crippen LogP contribution is -2.46. The van der Waals surface area contributed by atoms with E-state index in [0.717, 1.165) is 0 Å². The van der Waals surface area contributed by atoms with Crippen LogP contribution >= 0.6 is 0 Å². The van der Waals surface area contributed by atoms with Crippen LogP contribution in [-0.4, -0.2) is 44.2 Å². The lowest BCUT2D eigenvalue weighted by Gasteiger charge is -2.33. The van der Waals surface area contributed by atoms with E-state index in [1.807, 2.05) is 0 Å². The molecule has 1 heterocycles. The number of hydrogen-bond acceptors (Lipinski definition) is 6. The van der Waals surface area contributed by atoms with Crippen molar-refractivity contribution < 1.29 is 28.5 Å². The molecule has 6 nitrogen and oxygen atoms in total. The average molecular weight is 232 g/mol. The van der Waals surface area contributed by atoms with Gasteiger partial charge in [-0.3, -0.25) is 9.59 Å². The molecule has 1 fully saturated rings. The highest BCUT2D eigenvalue weighted by molar-refractivity contribution is 5.67. The van der Waals surface area contributed by atoms with Gasteiger partial charge in [0, 0.05) is 27.4 Å². The summed E-state index contributed by atoms with van der Waals surface area (Å²) in [6.07, 6.45) is -1.15. The molecule has 0 aromatic rings. The summed E-state index contributed by atoms with van der Waals surface area (Å²) in [5, 5.41) is 0. The Labute approximate surface area is 93.8 Å². The predicted molar refractivity (Wildman–Crippen MR) is 52.5 cm³/mol. The molecule has 0 aromatic carbocycles. The van der Waals surface area contributed by atoms with E-state index in [4.69, 9.17) is 18.9 Å². The summed E-state index contributed by atoms with van der Waals surface area (Å²) < 4.78 is 20.3. The van der Waals surface area contributed by atoms with Gasteiger partial charge in [-0.25, -0.2) is 0 Å². The van der Waals surface area contributed by atoms with Crippen LogP contribution in [0.1, 0.15) is 20.3 Å². The maximum absolute atomic E-state index is 10.9. The summed E-state index contributed by atoms with van der Waals surface area (Å²) >= 11 is 0. The molecule has 1 aliphatic rings. The Kier molecular flexibility index (Phi) is 4.70. The van der Waals surface area contributed by atoms with Crippen molar-refractivity contribution in [2.75, 3.05) is 13.7 Å². The predicted octanol–water partition coefficient (Wildman–Crippen LogP) is 0.243. The highest BCUT2D eigenvalue weighted by Crippen LogP contribution is 2.20. The van der Waals surface area contributed by atoms with E-state index >= 15 is 0 Å². The van der Waals surface area contributed by atoms with Crippen molar-refractivity contribution in [3.8, 4) is 0 Å². The maximum Gasteiger partial charge on any atom is 0.303 e. The zero-order chi connectivity index (χ0) is 12.1. The van der Waals surface area contributed by atoms with Crippen molar-refractivity contribution in [3.63, 3.8) is 0 Å². The zero-order valence-corrected chi connectivity index (χ0v) is 9.60. The van der Waals surface area contributed by atoms with E-state index in [1.54, 1.807) is 0 Å². The van der Waals surface area contributed by atoms with Crippen molar-refractivity contribution in [2.24, 2.45) is 0 Å². The topological polar surface area (TPSA) is 71.1 Å². The second kappa shape index (κ2) is 5.81. The number of rotatable bonds is 3. The van der Waals surface area contributed by atoms with E-state index < -0.39 is 30.4 Å². The van der Waals surface area contributed by atoms with Gasteiger partial charge in [-0.15, -0.1) is 0 Å². The standard InChI is InChI=1S/C10H16O6/c1-6(11)15-8-4-10(13-3)14-5-9(8)16-7(2)12/h8-10H,4-5H2,1-3H3. The van der Waals surface area contributed by atoms with Gasteiger partial charge in [0.15, 0.2) is 12.4 Å². The monoisotopic (exact) mass is 232 g/mol. The van der Waals surface area contributed by atoms with Crippen LogP contribution in [0.15, 0.2) is 0 Å². The minimum absolute atomic E-state index is 0.163. The van der Waals surface area contributed by atoms with Gasteiger partial charge in [-0.2, -0.15) is 0 Å². The molecule has 6 heteroatoms. The molecule has 1 aliphatic heterocycles. The third-order valence-electron chi connectivity index (χ3n) is 2.18. The Morgan fingerprint density at radius 2 is 1.69 bits per heavy atom. The largest absolute Gasteiger partial charge is 0.458 e. The van der Waals surface area contributed by atoms with Gasteiger partial charge in [-0.05, 0) is 0 Å². The lowest BCUT2D eigenvalue weighted by atomic mass is 10.1. The third kappa shape index (κ3) is 3.79. The fraction of sp³-hybridized carbons (Fsp3) is 0.800. The normalized spacial score (nSPS) is 29.6. The zero-order valence-electron chi connectivity index (χ0n) is 9.60. The molecular weight excluding hydrogens is 216 g/mol. The molecule has 1 rings (SSSR count). The smallest absolute Gasteiger partial charge is 0.303 e. The third-order valence-corrected chi connectivity index (χ3v) is 2.18. The van der Waals surface area contributed by atoms with Gasteiger partial charge in [0.2, 0.25) is 0 Å². The molecule has 0 radical (unpaired) electrons. The van der Waals surface area contributed by atoms with Gasteiger partial charge in [0.1, 0.15) is 6.10 Å². The average Bonchev–Trinajstić information content (AvgIpc) is 2.19. The molecule has 0 aromatic heterocycles. The second-order valence-electron chi connectivity index (χ2n) is 3.53. The van der Waals surface area contributed by atoms with Crippen LogP contribution < -0.4 is 0 Å². The Hall–Kier alpha value is -1.14. The minimum atomic E-state index is -0.562. The minimum Gasteiger partial charge on any atom is -0.458 e. The lowest BCUT2D eigenvalue weighted by molar-refractivity contribution is -0.224. The van der Waals surface area contributed by atoms with Crippen molar-refractivity contribution in [2.45, 2.75) is 38.8 Å². The van der Waals surface area contributed by atoms with Gasteiger partial charge < -0.3 is 18.9 Å². The number of carbonyl (C=O) groups excluding carboxylic acids is 2. The van der Waals surface area contributed by atoms with Crippen LogP contribution in [0, 0.1) is 0 Å². The maximum atomic E-state index is 10.9. The van der Waals surface area contributed by atoms with E-state index in [9.17, 15) is 9.59 Å². The molecule has 3 atom stereocenters. The fourth-order valence-corrected chi connectivity index (χ4v) is 1.54. The summed E-state index contributed by atoms with van der Waals surface area (Å²) in [7, 11) is 1.50. The SMILES string of the molecule is COC1CC(OC(C)=O)C(OC(C)=O)CO1. The number of hydrogen-bond donors (Lipinski definition) is 0. The molecular formula is C10H16O6. The van der Waals surface area contributed by atoms with Crippen LogP contribution in [0.5, 0.6) is 0 Å². The van der Waals surface area contributed by atoms with Crippen molar-refractivity contribution in [1.29, 1.82) is 0 Å². The van der Waals surface area contributed by atoms with E-state index in [0.29, 0.717) is 6.42 Å². The molecule has 0 amide bonds. The number of carbonyl (C=O) groups is 2. The molecule has 3 unspecified atom stereocenters. The van der Waals surface area contributed by atoms with Crippen LogP contribution in [0.3, 0.4) is 0 Å². The van der Waals surface area contributed by atoms with E-state index in [2.05, 4.69) is 0 Å². The first-order valence-electron chi connectivity index (χ1n) is 5.01. The summed E-state index contributed by atoms with van der Waals surface area (Å²) in [6, 6.07) is 0. The number of esters is 2. The van der Waals surface area contributed by atoms with Crippen LogP contribution in [-0.2, 0) is 28.5 Å². The van der Waals surface area contributed by atoms with Gasteiger partial charge in [0.05, 0.1) is 6.61 Å². The second-order valence-corrected chi connectivity index (χ2v) is 3.53. The van der Waals surface area contributed by atoms with Gasteiger partial charge >= 0.3 is 11.9 Å². The Morgan fingerprint density at radius 3 is 2.19 bits per heavy atom. The van der Waals surface area contributed by atoms with Crippen molar-refractivity contribution >= 4 is 11.9 Å². The van der Waals surface area contributed by atoms with Crippen molar-refractivity contribution in [1.82, 2.24) is 0 Å². The molecule has 0 aliphatic carbocycles. The van der Waals surface area contributed by atoms with Gasteiger partial charge in [-0.1, -0.05) is 0 Å². The van der Waals surface area contributed by atoms with Gasteiger partial charge in [0.25, 0.3) is 0 Å². The molecule has 0 N–H and O–H groups in total. The molecule has 1 saturated heterocycles. The van der Waals surface area contributed by atoms with Crippen molar-refractivity contribution in [3.05, 3.63) is 0 Å². The highest BCUT2D eigenvalue weighted by atomic mass is 16.7. The Morgan fingerprint density at radius 1 is 1.12 bits per heavy atom. The first kappa shape index (κ1) is 12.9. The van der Waals surface area contributed by atoms with Crippen LogP contribution in [0.2, 0.25) is 0 Å². The van der Waals surface area contributed by atoms with Crippen LogP contribution in [0.4, 0.5) is 0 Å². The molecule has 16 heavy (non-hydrogen) atoms. The quantitative estimate of drug-likeness (QED) is 0.649. The Balaban J connectivity index is 2.59. The van der Waals surface area contributed by atoms with Crippen LogP contribution in [0.25, 0.3) is 0 Å². The summed E-state index contributed by atoms with van der Waals surface area (Å²) in [6.45, 7) is 2.77. The van der Waals surface area contributed by atoms with E-state index in [1.165, 1.54) is 21.0 Å². The fourth-order valence-electron chi connectivity index (χ4n) is 1.54. The number of methoxy groups -OCH3 is 1. The number of ether oxygens (including phenoxy) is 4. The molecule has 0 saturated carbocycles. The summed E-state index contributed by atoms with van der Waals surface area (Å²) in [5.74, 6) is -0.847. The first-order valence-corrected chi connectivity index (χ1v) is 5.01. The Bertz CT molecular complexity index is 264. The molecule has 0 spiro atoms. The molecule has 92 valence electrons. The van der Waals surface area contributed by atoms with E-state index in [-0.39, 0.29) is 6.61 Å². The molecule has 0 bridgehead atoms.